The predicted molar refractivity (Wildman–Crippen MR) is 82.5 cm³/mol. The van der Waals surface area contributed by atoms with Crippen molar-refractivity contribution in [1.29, 1.82) is 0 Å². The number of nitrogens with one attached hydrogen (secondary N) is 2. The minimum absolute atomic E-state index is 0.0600. The zero-order valence-corrected chi connectivity index (χ0v) is 11.8. The van der Waals surface area contributed by atoms with E-state index in [9.17, 15) is 4.79 Å². The first kappa shape index (κ1) is 12.7. The first-order valence-corrected chi connectivity index (χ1v) is 6.89. The average molecular weight is 266 g/mol. The van der Waals surface area contributed by atoms with Gasteiger partial charge in [-0.15, -0.1) is 0 Å². The van der Waals surface area contributed by atoms with Gasteiger partial charge in [-0.3, -0.25) is 4.79 Å². The SMILES string of the molecule is Cc1ccc(C)c(NC(=O)c2ccc3c(c2)NCC3)c1. The Morgan fingerprint density at radius 3 is 2.85 bits per heavy atom. The van der Waals surface area contributed by atoms with Gasteiger partial charge in [0.25, 0.3) is 5.91 Å². The maximum Gasteiger partial charge on any atom is 0.255 e. The van der Waals surface area contributed by atoms with Crippen molar-refractivity contribution < 1.29 is 4.79 Å². The first-order valence-electron chi connectivity index (χ1n) is 6.89. The Labute approximate surface area is 119 Å². The van der Waals surface area contributed by atoms with Crippen LogP contribution in [0.5, 0.6) is 0 Å². The molecule has 3 rings (SSSR count). The molecule has 0 radical (unpaired) electrons. The van der Waals surface area contributed by atoms with Crippen molar-refractivity contribution in [2.24, 2.45) is 0 Å². The van der Waals surface area contributed by atoms with Gasteiger partial charge in [-0.1, -0.05) is 18.2 Å². The molecule has 0 atom stereocenters. The van der Waals surface area contributed by atoms with Crippen molar-refractivity contribution in [3.63, 3.8) is 0 Å². The molecule has 20 heavy (non-hydrogen) atoms. The molecular formula is C17H18N2O. The monoisotopic (exact) mass is 266 g/mol. The van der Waals surface area contributed by atoms with Crippen LogP contribution in [0.2, 0.25) is 0 Å². The third kappa shape index (κ3) is 2.39. The fraction of sp³-hybridized carbons (Fsp3) is 0.235. The molecule has 0 aromatic heterocycles. The third-order valence-corrected chi connectivity index (χ3v) is 3.72. The molecule has 2 aromatic carbocycles. The highest BCUT2D eigenvalue weighted by molar-refractivity contribution is 6.05. The maximum atomic E-state index is 12.3. The summed E-state index contributed by atoms with van der Waals surface area (Å²) in [7, 11) is 0. The second kappa shape index (κ2) is 5.00. The predicted octanol–water partition coefficient (Wildman–Crippen LogP) is 3.52. The van der Waals surface area contributed by atoms with E-state index in [1.165, 1.54) is 5.56 Å². The number of amides is 1. The fourth-order valence-corrected chi connectivity index (χ4v) is 2.50. The van der Waals surface area contributed by atoms with Crippen LogP contribution in [0.25, 0.3) is 0 Å². The summed E-state index contributed by atoms with van der Waals surface area (Å²) >= 11 is 0. The summed E-state index contributed by atoms with van der Waals surface area (Å²) in [6.45, 7) is 4.98. The number of carbonyl (C=O) groups excluding carboxylic acids is 1. The van der Waals surface area contributed by atoms with Crippen LogP contribution < -0.4 is 10.6 Å². The highest BCUT2D eigenvalue weighted by Gasteiger charge is 2.14. The van der Waals surface area contributed by atoms with Crippen molar-refractivity contribution in [2.75, 3.05) is 17.2 Å². The van der Waals surface area contributed by atoms with E-state index in [0.29, 0.717) is 5.56 Å². The molecule has 3 nitrogen and oxygen atoms in total. The van der Waals surface area contributed by atoms with Crippen LogP contribution >= 0.6 is 0 Å². The van der Waals surface area contributed by atoms with E-state index in [-0.39, 0.29) is 5.91 Å². The molecule has 1 aliphatic rings. The van der Waals surface area contributed by atoms with Crippen molar-refractivity contribution in [3.8, 4) is 0 Å². The Morgan fingerprint density at radius 2 is 2.00 bits per heavy atom. The van der Waals surface area contributed by atoms with Gasteiger partial charge in [-0.25, -0.2) is 0 Å². The lowest BCUT2D eigenvalue weighted by Gasteiger charge is -2.10. The third-order valence-electron chi connectivity index (χ3n) is 3.72. The second-order valence-electron chi connectivity index (χ2n) is 5.32. The molecule has 2 aromatic rings. The number of fused-ring (bicyclic) bond motifs is 1. The molecule has 1 amide bonds. The Morgan fingerprint density at radius 1 is 1.15 bits per heavy atom. The molecule has 0 spiro atoms. The lowest BCUT2D eigenvalue weighted by Crippen LogP contribution is -2.13. The molecule has 0 bridgehead atoms. The van der Waals surface area contributed by atoms with Gasteiger partial charge in [0.2, 0.25) is 0 Å². The minimum Gasteiger partial charge on any atom is -0.384 e. The van der Waals surface area contributed by atoms with E-state index >= 15 is 0 Å². The molecule has 0 unspecified atom stereocenters. The van der Waals surface area contributed by atoms with Crippen LogP contribution in [0.1, 0.15) is 27.0 Å². The summed E-state index contributed by atoms with van der Waals surface area (Å²) in [5.74, 6) is -0.0600. The summed E-state index contributed by atoms with van der Waals surface area (Å²) in [5.41, 5.74) is 6.15. The van der Waals surface area contributed by atoms with Crippen molar-refractivity contribution in [1.82, 2.24) is 0 Å². The highest BCUT2D eigenvalue weighted by Crippen LogP contribution is 2.24. The van der Waals surface area contributed by atoms with Gasteiger partial charge in [-0.2, -0.15) is 0 Å². The number of rotatable bonds is 2. The summed E-state index contributed by atoms with van der Waals surface area (Å²) in [6.07, 6.45) is 1.04. The topological polar surface area (TPSA) is 41.1 Å². The largest absolute Gasteiger partial charge is 0.384 e. The van der Waals surface area contributed by atoms with Crippen LogP contribution in [0.3, 0.4) is 0 Å². The quantitative estimate of drug-likeness (QED) is 0.873. The number of benzene rings is 2. The van der Waals surface area contributed by atoms with Crippen LogP contribution in [-0.2, 0) is 6.42 Å². The van der Waals surface area contributed by atoms with Gasteiger partial charge < -0.3 is 10.6 Å². The fourth-order valence-electron chi connectivity index (χ4n) is 2.50. The number of anilines is 2. The zero-order valence-electron chi connectivity index (χ0n) is 11.8. The Bertz CT molecular complexity index is 677. The summed E-state index contributed by atoms with van der Waals surface area (Å²) < 4.78 is 0. The number of hydrogen-bond acceptors (Lipinski definition) is 2. The van der Waals surface area contributed by atoms with Gasteiger partial charge in [0.1, 0.15) is 0 Å². The molecule has 0 saturated carbocycles. The highest BCUT2D eigenvalue weighted by atomic mass is 16.1. The van der Waals surface area contributed by atoms with E-state index in [1.54, 1.807) is 0 Å². The number of hydrogen-bond donors (Lipinski definition) is 2. The van der Waals surface area contributed by atoms with Crippen LogP contribution in [0.15, 0.2) is 36.4 Å². The molecule has 1 aliphatic heterocycles. The van der Waals surface area contributed by atoms with Crippen molar-refractivity contribution in [3.05, 3.63) is 58.7 Å². The van der Waals surface area contributed by atoms with E-state index in [2.05, 4.69) is 10.6 Å². The van der Waals surface area contributed by atoms with E-state index in [4.69, 9.17) is 0 Å². The molecule has 0 aliphatic carbocycles. The maximum absolute atomic E-state index is 12.3. The number of aryl methyl sites for hydroxylation is 2. The van der Waals surface area contributed by atoms with Crippen molar-refractivity contribution in [2.45, 2.75) is 20.3 Å². The van der Waals surface area contributed by atoms with Gasteiger partial charge in [0, 0.05) is 23.5 Å². The Balaban J connectivity index is 1.84. The van der Waals surface area contributed by atoms with Gasteiger partial charge in [-0.05, 0) is 55.2 Å². The lowest BCUT2D eigenvalue weighted by atomic mass is 10.1. The standard InChI is InChI=1S/C17H18N2O/c1-11-3-4-12(2)15(9-11)19-17(20)14-6-5-13-7-8-18-16(13)10-14/h3-6,9-10,18H,7-8H2,1-2H3,(H,19,20). The first-order chi connectivity index (χ1) is 9.63. The lowest BCUT2D eigenvalue weighted by molar-refractivity contribution is 0.102. The van der Waals surface area contributed by atoms with Gasteiger partial charge >= 0.3 is 0 Å². The van der Waals surface area contributed by atoms with Gasteiger partial charge in [0.05, 0.1) is 0 Å². The Kier molecular flexibility index (Phi) is 3.18. The van der Waals surface area contributed by atoms with Crippen LogP contribution in [0.4, 0.5) is 11.4 Å². The molecular weight excluding hydrogens is 248 g/mol. The van der Waals surface area contributed by atoms with E-state index < -0.39 is 0 Å². The van der Waals surface area contributed by atoms with E-state index in [0.717, 1.165) is 35.5 Å². The molecule has 2 N–H and O–H groups in total. The van der Waals surface area contributed by atoms with Crippen LogP contribution in [0, 0.1) is 13.8 Å². The summed E-state index contributed by atoms with van der Waals surface area (Å²) in [5, 5.41) is 6.29. The number of carbonyl (C=O) groups is 1. The van der Waals surface area contributed by atoms with Gasteiger partial charge in [0.15, 0.2) is 0 Å². The summed E-state index contributed by atoms with van der Waals surface area (Å²) in [6, 6.07) is 11.9. The molecule has 3 heteroatoms. The summed E-state index contributed by atoms with van der Waals surface area (Å²) in [4.78, 5) is 12.3. The smallest absolute Gasteiger partial charge is 0.255 e. The molecule has 102 valence electrons. The van der Waals surface area contributed by atoms with Crippen molar-refractivity contribution >= 4 is 17.3 Å². The normalized spacial score (nSPS) is 12.7. The zero-order chi connectivity index (χ0) is 14.1. The molecule has 0 fully saturated rings. The Hall–Kier alpha value is -2.29. The minimum atomic E-state index is -0.0600. The second-order valence-corrected chi connectivity index (χ2v) is 5.32. The molecule has 0 saturated heterocycles. The van der Waals surface area contributed by atoms with Crippen LogP contribution in [-0.4, -0.2) is 12.5 Å². The molecule has 1 heterocycles. The average Bonchev–Trinajstić information content (AvgIpc) is 2.90. The van der Waals surface area contributed by atoms with E-state index in [1.807, 2.05) is 50.2 Å².